The van der Waals surface area contributed by atoms with Crippen molar-refractivity contribution in [1.29, 1.82) is 0 Å². The summed E-state index contributed by atoms with van der Waals surface area (Å²) in [7, 11) is 0. The smallest absolute Gasteiger partial charge is 0.410 e. The van der Waals surface area contributed by atoms with E-state index in [0.29, 0.717) is 13.2 Å². The molecule has 0 aliphatic carbocycles. The Labute approximate surface area is 103 Å². The second-order valence-corrected chi connectivity index (χ2v) is 5.82. The van der Waals surface area contributed by atoms with Crippen LogP contribution < -0.4 is 0 Å². The zero-order chi connectivity index (χ0) is 13.3. The number of morpholine rings is 1. The maximum absolute atomic E-state index is 12.0. The number of ether oxygens (including phenoxy) is 2. The third-order valence-corrected chi connectivity index (χ3v) is 2.79. The molecule has 1 fully saturated rings. The van der Waals surface area contributed by atoms with Crippen molar-refractivity contribution in [3.8, 4) is 0 Å². The predicted molar refractivity (Wildman–Crippen MR) is 63.8 cm³/mol. The SMILES string of the molecule is CC(C)(C)OC(=O)N1CCOC(C)(C)C1CO. The van der Waals surface area contributed by atoms with Gasteiger partial charge in [-0.15, -0.1) is 0 Å². The van der Waals surface area contributed by atoms with E-state index < -0.39 is 17.3 Å². The molecule has 1 saturated heterocycles. The molecule has 1 atom stereocenters. The highest BCUT2D eigenvalue weighted by Gasteiger charge is 2.41. The molecule has 5 nitrogen and oxygen atoms in total. The van der Waals surface area contributed by atoms with Gasteiger partial charge in [-0.2, -0.15) is 0 Å². The number of nitrogens with zero attached hydrogens (tertiary/aromatic N) is 1. The van der Waals surface area contributed by atoms with Crippen molar-refractivity contribution >= 4 is 6.09 Å². The minimum absolute atomic E-state index is 0.133. The van der Waals surface area contributed by atoms with E-state index in [0.717, 1.165) is 0 Å². The van der Waals surface area contributed by atoms with Crippen LogP contribution in [0.3, 0.4) is 0 Å². The van der Waals surface area contributed by atoms with E-state index >= 15 is 0 Å². The predicted octanol–water partition coefficient (Wildman–Crippen LogP) is 1.39. The van der Waals surface area contributed by atoms with E-state index in [-0.39, 0.29) is 12.6 Å². The Morgan fingerprint density at radius 1 is 1.53 bits per heavy atom. The van der Waals surface area contributed by atoms with Crippen molar-refractivity contribution < 1.29 is 19.4 Å². The Morgan fingerprint density at radius 2 is 2.12 bits per heavy atom. The summed E-state index contributed by atoms with van der Waals surface area (Å²) in [6.45, 7) is 9.98. The van der Waals surface area contributed by atoms with Crippen LogP contribution in [0.1, 0.15) is 34.6 Å². The zero-order valence-electron chi connectivity index (χ0n) is 11.3. The fourth-order valence-corrected chi connectivity index (χ4v) is 1.89. The van der Waals surface area contributed by atoms with Crippen LogP contribution in [0.25, 0.3) is 0 Å². The van der Waals surface area contributed by atoms with E-state index in [9.17, 15) is 9.90 Å². The van der Waals surface area contributed by atoms with Crippen LogP contribution in [-0.2, 0) is 9.47 Å². The molecule has 0 aromatic carbocycles. The number of carbonyl (C=O) groups is 1. The lowest BCUT2D eigenvalue weighted by Crippen LogP contribution is -2.60. The van der Waals surface area contributed by atoms with E-state index in [1.807, 2.05) is 34.6 Å². The van der Waals surface area contributed by atoms with Gasteiger partial charge in [0.1, 0.15) is 5.60 Å². The number of rotatable bonds is 1. The fraction of sp³-hybridized carbons (Fsp3) is 0.917. The van der Waals surface area contributed by atoms with Gasteiger partial charge in [0.2, 0.25) is 0 Å². The van der Waals surface area contributed by atoms with E-state index in [4.69, 9.17) is 9.47 Å². The maximum atomic E-state index is 12.0. The summed E-state index contributed by atoms with van der Waals surface area (Å²) in [5, 5.41) is 9.41. The van der Waals surface area contributed by atoms with Gasteiger partial charge in [0.25, 0.3) is 0 Å². The zero-order valence-corrected chi connectivity index (χ0v) is 11.3. The summed E-state index contributed by atoms with van der Waals surface area (Å²) in [4.78, 5) is 13.6. The molecule has 1 aliphatic rings. The van der Waals surface area contributed by atoms with E-state index in [2.05, 4.69) is 0 Å². The van der Waals surface area contributed by atoms with Crippen molar-refractivity contribution in [2.24, 2.45) is 0 Å². The standard InChI is InChI=1S/C12H23NO4/c1-11(2,3)17-10(15)13-6-7-16-12(4,5)9(13)8-14/h9,14H,6-8H2,1-5H3. The lowest BCUT2D eigenvalue weighted by molar-refractivity contribution is -0.135. The summed E-state index contributed by atoms with van der Waals surface area (Å²) < 4.78 is 10.9. The average Bonchev–Trinajstić information content (AvgIpc) is 2.13. The Bertz CT molecular complexity index is 283. The van der Waals surface area contributed by atoms with Gasteiger partial charge in [-0.25, -0.2) is 4.79 Å². The van der Waals surface area contributed by atoms with Crippen LogP contribution in [0.4, 0.5) is 4.79 Å². The van der Waals surface area contributed by atoms with Gasteiger partial charge >= 0.3 is 6.09 Å². The highest BCUT2D eigenvalue weighted by atomic mass is 16.6. The van der Waals surface area contributed by atoms with Crippen LogP contribution in [0.2, 0.25) is 0 Å². The highest BCUT2D eigenvalue weighted by molar-refractivity contribution is 5.69. The number of hydrogen-bond donors (Lipinski definition) is 1. The first-order chi connectivity index (χ1) is 7.67. The van der Waals surface area contributed by atoms with Gasteiger partial charge < -0.3 is 14.6 Å². The normalized spacial score (nSPS) is 24.6. The van der Waals surface area contributed by atoms with Crippen LogP contribution in [0.5, 0.6) is 0 Å². The molecule has 1 rings (SSSR count). The Kier molecular flexibility index (Phi) is 4.04. The number of carbonyl (C=O) groups excluding carboxylic acids is 1. The summed E-state index contributed by atoms with van der Waals surface area (Å²) in [6, 6.07) is -0.369. The molecule has 0 bridgehead atoms. The summed E-state index contributed by atoms with van der Waals surface area (Å²) in [5.41, 5.74) is -1.08. The Morgan fingerprint density at radius 3 is 2.59 bits per heavy atom. The quantitative estimate of drug-likeness (QED) is 0.758. The van der Waals surface area contributed by atoms with Gasteiger partial charge in [0.05, 0.1) is 24.9 Å². The average molecular weight is 245 g/mol. The Balaban J connectivity index is 2.78. The van der Waals surface area contributed by atoms with E-state index in [1.165, 1.54) is 0 Å². The van der Waals surface area contributed by atoms with Crippen molar-refractivity contribution in [2.45, 2.75) is 51.9 Å². The topological polar surface area (TPSA) is 59.0 Å². The number of aliphatic hydroxyl groups is 1. The van der Waals surface area contributed by atoms with E-state index in [1.54, 1.807) is 4.90 Å². The molecule has 1 aliphatic heterocycles. The molecule has 0 aromatic rings. The maximum Gasteiger partial charge on any atom is 0.410 e. The molecule has 0 saturated carbocycles. The summed E-state index contributed by atoms with van der Waals surface area (Å²) in [6.07, 6.45) is -0.395. The van der Waals surface area contributed by atoms with Crippen LogP contribution in [-0.4, -0.2) is 53.1 Å². The molecule has 5 heteroatoms. The minimum atomic E-state index is -0.552. The molecule has 1 amide bonds. The third-order valence-electron chi connectivity index (χ3n) is 2.79. The second-order valence-electron chi connectivity index (χ2n) is 5.82. The first-order valence-electron chi connectivity index (χ1n) is 5.92. The van der Waals surface area contributed by atoms with Crippen LogP contribution in [0.15, 0.2) is 0 Å². The van der Waals surface area contributed by atoms with Gasteiger partial charge in [0, 0.05) is 6.54 Å². The van der Waals surface area contributed by atoms with Crippen molar-refractivity contribution in [3.05, 3.63) is 0 Å². The molecule has 0 spiro atoms. The summed E-state index contributed by atoms with van der Waals surface area (Å²) in [5.74, 6) is 0. The van der Waals surface area contributed by atoms with Gasteiger partial charge in [-0.05, 0) is 34.6 Å². The number of amides is 1. The molecule has 100 valence electrons. The second kappa shape index (κ2) is 4.82. The number of hydrogen-bond acceptors (Lipinski definition) is 4. The van der Waals surface area contributed by atoms with Gasteiger partial charge in [-0.3, -0.25) is 4.90 Å². The first kappa shape index (κ1) is 14.3. The minimum Gasteiger partial charge on any atom is -0.444 e. The number of aliphatic hydroxyl groups excluding tert-OH is 1. The molecular formula is C12H23NO4. The van der Waals surface area contributed by atoms with Crippen LogP contribution >= 0.6 is 0 Å². The molecule has 0 radical (unpaired) electrons. The molecular weight excluding hydrogens is 222 g/mol. The molecule has 1 N–H and O–H groups in total. The Hall–Kier alpha value is -0.810. The largest absolute Gasteiger partial charge is 0.444 e. The molecule has 1 heterocycles. The lowest BCUT2D eigenvalue weighted by Gasteiger charge is -2.45. The summed E-state index contributed by atoms with van der Waals surface area (Å²) >= 11 is 0. The van der Waals surface area contributed by atoms with Gasteiger partial charge in [-0.1, -0.05) is 0 Å². The first-order valence-corrected chi connectivity index (χ1v) is 5.92. The van der Waals surface area contributed by atoms with Crippen molar-refractivity contribution in [2.75, 3.05) is 19.8 Å². The molecule has 1 unspecified atom stereocenters. The lowest BCUT2D eigenvalue weighted by atomic mass is 9.96. The monoisotopic (exact) mass is 245 g/mol. The third kappa shape index (κ3) is 3.57. The van der Waals surface area contributed by atoms with Gasteiger partial charge in [0.15, 0.2) is 0 Å². The van der Waals surface area contributed by atoms with Crippen molar-refractivity contribution in [3.63, 3.8) is 0 Å². The van der Waals surface area contributed by atoms with Crippen molar-refractivity contribution in [1.82, 2.24) is 4.90 Å². The highest BCUT2D eigenvalue weighted by Crippen LogP contribution is 2.25. The molecule has 17 heavy (non-hydrogen) atoms. The molecule has 0 aromatic heterocycles. The fourth-order valence-electron chi connectivity index (χ4n) is 1.89. The van der Waals surface area contributed by atoms with Crippen LogP contribution in [0, 0.1) is 0 Å².